The Kier molecular flexibility index (Phi) is 9.27. The van der Waals surface area contributed by atoms with Gasteiger partial charge in [-0.3, -0.25) is 0 Å². The van der Waals surface area contributed by atoms with E-state index in [0.29, 0.717) is 6.61 Å². The van der Waals surface area contributed by atoms with Crippen LogP contribution in [0.2, 0.25) is 0 Å². The van der Waals surface area contributed by atoms with E-state index < -0.39 is 0 Å². The van der Waals surface area contributed by atoms with Gasteiger partial charge in [0, 0.05) is 12.1 Å². The van der Waals surface area contributed by atoms with Crippen molar-refractivity contribution in [1.82, 2.24) is 4.90 Å². The van der Waals surface area contributed by atoms with Crippen molar-refractivity contribution in [3.8, 4) is 0 Å². The summed E-state index contributed by atoms with van der Waals surface area (Å²) in [4.78, 5) is 7.62. The third-order valence-electron chi connectivity index (χ3n) is 3.19. The largest absolute Gasteiger partial charge is 0.394 e. The summed E-state index contributed by atoms with van der Waals surface area (Å²) in [5.74, 6) is 0. The predicted octanol–water partition coefficient (Wildman–Crippen LogP) is 3.42. The lowest BCUT2D eigenvalue weighted by Crippen LogP contribution is -2.26. The van der Waals surface area contributed by atoms with Crippen molar-refractivity contribution in [2.75, 3.05) is 26.2 Å². The first-order chi connectivity index (χ1) is 8.69. The molecule has 4 heteroatoms. The minimum atomic E-state index is 0. The highest BCUT2D eigenvalue weighted by Crippen LogP contribution is 2.10. The highest BCUT2D eigenvalue weighted by Gasteiger charge is 1.99. The van der Waals surface area contributed by atoms with Crippen LogP contribution in [0.4, 0.5) is 0 Å². The zero-order valence-electron chi connectivity index (χ0n) is 12.3. The standard InChI is InChI=1S/C15H24N2O.ClH/c1-5-17(6-2)10-11-18-16-12-15-13(3)8-7-9-14(15)4;/h7-9,12H,5-6,10-11H2,1-4H3;1H/b16-12-;. The fraction of sp³-hybridized carbons (Fsp3) is 0.533. The predicted molar refractivity (Wildman–Crippen MR) is 84.5 cm³/mol. The van der Waals surface area contributed by atoms with Gasteiger partial charge >= 0.3 is 0 Å². The Bertz CT molecular complexity index is 369. The second-order valence-electron chi connectivity index (χ2n) is 4.40. The number of hydrogen-bond donors (Lipinski definition) is 0. The zero-order valence-corrected chi connectivity index (χ0v) is 13.2. The Morgan fingerprint density at radius 1 is 1.16 bits per heavy atom. The van der Waals surface area contributed by atoms with E-state index in [0.717, 1.165) is 25.2 Å². The highest BCUT2D eigenvalue weighted by molar-refractivity contribution is 5.85. The Morgan fingerprint density at radius 2 is 1.74 bits per heavy atom. The molecule has 0 N–H and O–H groups in total. The van der Waals surface area contributed by atoms with E-state index >= 15 is 0 Å². The van der Waals surface area contributed by atoms with E-state index in [2.05, 4.69) is 55.9 Å². The average Bonchev–Trinajstić information content (AvgIpc) is 2.37. The number of aryl methyl sites for hydroxylation is 2. The van der Waals surface area contributed by atoms with Gasteiger partial charge in [-0.1, -0.05) is 37.2 Å². The van der Waals surface area contributed by atoms with Gasteiger partial charge in [0.2, 0.25) is 0 Å². The third-order valence-corrected chi connectivity index (χ3v) is 3.19. The Balaban J connectivity index is 0.00000324. The smallest absolute Gasteiger partial charge is 0.129 e. The van der Waals surface area contributed by atoms with Gasteiger partial charge in [0.15, 0.2) is 0 Å². The van der Waals surface area contributed by atoms with Crippen molar-refractivity contribution < 1.29 is 4.84 Å². The van der Waals surface area contributed by atoms with Crippen LogP contribution in [-0.4, -0.2) is 37.4 Å². The van der Waals surface area contributed by atoms with E-state index in [9.17, 15) is 0 Å². The topological polar surface area (TPSA) is 24.8 Å². The quantitative estimate of drug-likeness (QED) is 0.435. The molecule has 1 rings (SSSR count). The summed E-state index contributed by atoms with van der Waals surface area (Å²) in [6.07, 6.45) is 1.81. The lowest BCUT2D eigenvalue weighted by molar-refractivity contribution is 0.115. The highest BCUT2D eigenvalue weighted by atomic mass is 35.5. The molecule has 0 amide bonds. The molecule has 19 heavy (non-hydrogen) atoms. The molecule has 0 aliphatic carbocycles. The fourth-order valence-electron chi connectivity index (χ4n) is 1.88. The lowest BCUT2D eigenvalue weighted by atomic mass is 10.0. The summed E-state index contributed by atoms with van der Waals surface area (Å²) in [7, 11) is 0. The van der Waals surface area contributed by atoms with E-state index in [1.54, 1.807) is 0 Å². The van der Waals surface area contributed by atoms with Gasteiger partial charge in [0.1, 0.15) is 6.61 Å². The van der Waals surface area contributed by atoms with Gasteiger partial charge in [-0.15, -0.1) is 12.4 Å². The Hall–Kier alpha value is -1.06. The van der Waals surface area contributed by atoms with Gasteiger partial charge < -0.3 is 9.74 Å². The molecular weight excluding hydrogens is 260 g/mol. The van der Waals surface area contributed by atoms with Gasteiger partial charge in [-0.05, 0) is 38.1 Å². The summed E-state index contributed by atoms with van der Waals surface area (Å²) in [5.41, 5.74) is 3.61. The molecule has 108 valence electrons. The first-order valence-corrected chi connectivity index (χ1v) is 6.63. The summed E-state index contributed by atoms with van der Waals surface area (Å²) in [5, 5.41) is 4.05. The van der Waals surface area contributed by atoms with Crippen molar-refractivity contribution >= 4 is 18.6 Å². The lowest BCUT2D eigenvalue weighted by Gasteiger charge is -2.16. The first kappa shape index (κ1) is 17.9. The van der Waals surface area contributed by atoms with Crippen molar-refractivity contribution in [2.24, 2.45) is 5.16 Å². The van der Waals surface area contributed by atoms with Gasteiger partial charge in [-0.2, -0.15) is 0 Å². The SMILES string of the molecule is CCN(CC)CCO/N=C\c1c(C)cccc1C.Cl. The van der Waals surface area contributed by atoms with E-state index in [1.165, 1.54) is 11.1 Å². The number of halogens is 1. The van der Waals surface area contributed by atoms with Crippen LogP contribution in [0.1, 0.15) is 30.5 Å². The van der Waals surface area contributed by atoms with E-state index in [1.807, 2.05) is 6.21 Å². The van der Waals surface area contributed by atoms with Gasteiger partial charge in [0.05, 0.1) is 6.21 Å². The summed E-state index contributed by atoms with van der Waals surface area (Å²) >= 11 is 0. The molecule has 0 radical (unpaired) electrons. The van der Waals surface area contributed by atoms with Crippen LogP contribution in [0.25, 0.3) is 0 Å². The third kappa shape index (κ3) is 6.08. The molecule has 0 spiro atoms. The Morgan fingerprint density at radius 3 is 2.26 bits per heavy atom. The van der Waals surface area contributed by atoms with Crippen LogP contribution in [0.5, 0.6) is 0 Å². The normalized spacial score (nSPS) is 10.8. The van der Waals surface area contributed by atoms with Crippen molar-refractivity contribution in [3.63, 3.8) is 0 Å². The van der Waals surface area contributed by atoms with Crippen LogP contribution >= 0.6 is 12.4 Å². The van der Waals surface area contributed by atoms with Crippen LogP contribution in [0, 0.1) is 13.8 Å². The monoisotopic (exact) mass is 284 g/mol. The fourth-order valence-corrected chi connectivity index (χ4v) is 1.88. The maximum atomic E-state index is 5.31. The average molecular weight is 285 g/mol. The van der Waals surface area contributed by atoms with Crippen LogP contribution in [0.3, 0.4) is 0 Å². The minimum absolute atomic E-state index is 0. The molecule has 0 aromatic heterocycles. The number of rotatable bonds is 7. The zero-order chi connectivity index (χ0) is 13.4. The molecule has 0 saturated carbocycles. The van der Waals surface area contributed by atoms with Crippen LogP contribution in [-0.2, 0) is 4.84 Å². The first-order valence-electron chi connectivity index (χ1n) is 6.63. The van der Waals surface area contributed by atoms with Gasteiger partial charge in [-0.25, -0.2) is 0 Å². The van der Waals surface area contributed by atoms with Crippen molar-refractivity contribution in [1.29, 1.82) is 0 Å². The second kappa shape index (κ2) is 9.82. The molecule has 0 aliphatic heterocycles. The van der Waals surface area contributed by atoms with Gasteiger partial charge in [0.25, 0.3) is 0 Å². The van der Waals surface area contributed by atoms with E-state index in [4.69, 9.17) is 4.84 Å². The summed E-state index contributed by atoms with van der Waals surface area (Å²) in [6.45, 7) is 12.2. The number of hydrogen-bond acceptors (Lipinski definition) is 3. The van der Waals surface area contributed by atoms with Crippen molar-refractivity contribution in [2.45, 2.75) is 27.7 Å². The molecule has 0 heterocycles. The minimum Gasteiger partial charge on any atom is -0.394 e. The molecule has 0 saturated heterocycles. The molecule has 3 nitrogen and oxygen atoms in total. The maximum Gasteiger partial charge on any atom is 0.129 e. The number of benzene rings is 1. The summed E-state index contributed by atoms with van der Waals surface area (Å²) in [6, 6.07) is 6.23. The van der Waals surface area contributed by atoms with Crippen LogP contribution < -0.4 is 0 Å². The molecule has 0 unspecified atom stereocenters. The summed E-state index contributed by atoms with van der Waals surface area (Å²) < 4.78 is 0. The second-order valence-corrected chi connectivity index (χ2v) is 4.40. The number of likely N-dealkylation sites (N-methyl/N-ethyl adjacent to an activating group) is 1. The molecule has 0 fully saturated rings. The van der Waals surface area contributed by atoms with Crippen molar-refractivity contribution in [3.05, 3.63) is 34.9 Å². The van der Waals surface area contributed by atoms with E-state index in [-0.39, 0.29) is 12.4 Å². The molecule has 0 bridgehead atoms. The maximum absolute atomic E-state index is 5.31. The van der Waals surface area contributed by atoms with Crippen LogP contribution in [0.15, 0.2) is 23.4 Å². The molecule has 0 atom stereocenters. The molecule has 1 aromatic carbocycles. The molecule has 1 aromatic rings. The number of oxime groups is 1. The molecule has 0 aliphatic rings. The number of nitrogens with zero attached hydrogens (tertiary/aromatic N) is 2. The molecular formula is C15H25ClN2O. The Labute approximate surface area is 123 Å².